The summed E-state index contributed by atoms with van der Waals surface area (Å²) in [5.41, 5.74) is 6.24. The molecule has 7 heteroatoms. The van der Waals surface area contributed by atoms with Gasteiger partial charge in [-0.25, -0.2) is 4.79 Å². The molecule has 0 aromatic heterocycles. The zero-order chi connectivity index (χ0) is 14.4. The highest BCUT2D eigenvalue weighted by atomic mass is 35.5. The first-order valence-electron chi connectivity index (χ1n) is 5.92. The first-order chi connectivity index (χ1) is 8.91. The number of halogens is 1. The van der Waals surface area contributed by atoms with Crippen LogP contribution in [0.2, 0.25) is 0 Å². The summed E-state index contributed by atoms with van der Waals surface area (Å²) in [6, 6.07) is 6.74. The number of nitrogens with one attached hydrogen (secondary N) is 1. The average molecular weight is 303 g/mol. The van der Waals surface area contributed by atoms with Crippen LogP contribution >= 0.6 is 12.4 Å². The van der Waals surface area contributed by atoms with E-state index in [1.54, 1.807) is 24.3 Å². The molecule has 112 valence electrons. The molecule has 0 aliphatic rings. The third-order valence-corrected chi connectivity index (χ3v) is 2.72. The Labute approximate surface area is 123 Å². The van der Waals surface area contributed by atoms with E-state index >= 15 is 0 Å². The van der Waals surface area contributed by atoms with Crippen LogP contribution < -0.4 is 11.1 Å². The molecule has 0 radical (unpaired) electrons. The number of aliphatic carboxylic acids is 1. The van der Waals surface area contributed by atoms with Gasteiger partial charge in [0.15, 0.2) is 0 Å². The zero-order valence-corrected chi connectivity index (χ0v) is 11.8. The summed E-state index contributed by atoms with van der Waals surface area (Å²) in [5.74, 6) is -1.83. The van der Waals surface area contributed by atoms with Crippen LogP contribution in [0.25, 0.3) is 0 Å². The highest BCUT2D eigenvalue weighted by Gasteiger charge is 2.25. The maximum atomic E-state index is 11.6. The number of nitrogens with two attached hydrogens (primary N) is 1. The van der Waals surface area contributed by atoms with E-state index < -0.39 is 30.1 Å². The Bertz CT molecular complexity index is 439. The fourth-order valence-electron chi connectivity index (χ4n) is 1.54. The molecule has 1 amide bonds. The quantitative estimate of drug-likeness (QED) is 0.587. The molecule has 5 N–H and O–H groups in total. The predicted octanol–water partition coefficient (Wildman–Crippen LogP) is -0.0716. The summed E-state index contributed by atoms with van der Waals surface area (Å²) in [7, 11) is 0. The first kappa shape index (κ1) is 18.4. The van der Waals surface area contributed by atoms with E-state index in [9.17, 15) is 14.7 Å². The van der Waals surface area contributed by atoms with Crippen molar-refractivity contribution in [2.45, 2.75) is 31.5 Å². The van der Waals surface area contributed by atoms with E-state index in [0.717, 1.165) is 5.56 Å². The van der Waals surface area contributed by atoms with Crippen LogP contribution in [0, 0.1) is 0 Å². The van der Waals surface area contributed by atoms with E-state index in [4.69, 9.17) is 10.8 Å². The van der Waals surface area contributed by atoms with Crippen LogP contribution in [0.5, 0.6) is 0 Å². The number of aliphatic hydroxyl groups excluding tert-OH is 1. The third-order valence-electron chi connectivity index (χ3n) is 2.72. The Balaban J connectivity index is 0.00000361. The van der Waals surface area contributed by atoms with Crippen molar-refractivity contribution in [3.8, 4) is 0 Å². The molecule has 1 aromatic rings. The molecule has 1 aromatic carbocycles. The Morgan fingerprint density at radius 1 is 1.30 bits per heavy atom. The van der Waals surface area contributed by atoms with Gasteiger partial charge in [0, 0.05) is 6.42 Å². The molecule has 6 nitrogen and oxygen atoms in total. The maximum absolute atomic E-state index is 11.6. The summed E-state index contributed by atoms with van der Waals surface area (Å²) in [4.78, 5) is 22.7. The van der Waals surface area contributed by atoms with Crippen molar-refractivity contribution in [2.24, 2.45) is 5.73 Å². The van der Waals surface area contributed by atoms with E-state index in [2.05, 4.69) is 5.32 Å². The van der Waals surface area contributed by atoms with Gasteiger partial charge in [-0.15, -0.1) is 12.4 Å². The number of aliphatic hydroxyl groups is 1. The van der Waals surface area contributed by atoms with Crippen molar-refractivity contribution < 1.29 is 19.8 Å². The van der Waals surface area contributed by atoms with Gasteiger partial charge in [0.05, 0.1) is 6.10 Å². The predicted molar refractivity (Wildman–Crippen MR) is 76.6 cm³/mol. The Morgan fingerprint density at radius 3 is 2.30 bits per heavy atom. The molecule has 0 fully saturated rings. The van der Waals surface area contributed by atoms with Crippen LogP contribution in [0.4, 0.5) is 0 Å². The van der Waals surface area contributed by atoms with Crippen molar-refractivity contribution in [1.82, 2.24) is 5.32 Å². The Hall–Kier alpha value is -1.63. The van der Waals surface area contributed by atoms with Crippen molar-refractivity contribution in [1.29, 1.82) is 0 Å². The largest absolute Gasteiger partial charge is 0.480 e. The lowest BCUT2D eigenvalue weighted by Gasteiger charge is -2.19. The highest BCUT2D eigenvalue weighted by Crippen LogP contribution is 2.04. The van der Waals surface area contributed by atoms with Gasteiger partial charge in [0.25, 0.3) is 0 Å². The van der Waals surface area contributed by atoms with Gasteiger partial charge in [-0.1, -0.05) is 30.3 Å². The lowest BCUT2D eigenvalue weighted by molar-refractivity contribution is -0.142. The molecule has 3 unspecified atom stereocenters. The summed E-state index contributed by atoms with van der Waals surface area (Å²) in [6.45, 7) is 1.37. The molecule has 0 aliphatic carbocycles. The maximum Gasteiger partial charge on any atom is 0.326 e. The van der Waals surface area contributed by atoms with Gasteiger partial charge >= 0.3 is 5.97 Å². The second-order valence-corrected chi connectivity index (χ2v) is 4.36. The van der Waals surface area contributed by atoms with Crippen LogP contribution in [-0.4, -0.2) is 40.3 Å². The lowest BCUT2D eigenvalue weighted by Crippen LogP contribution is -2.52. The minimum absolute atomic E-state index is 0. The van der Waals surface area contributed by atoms with Crippen LogP contribution in [-0.2, 0) is 16.0 Å². The topological polar surface area (TPSA) is 113 Å². The van der Waals surface area contributed by atoms with Gasteiger partial charge in [0.1, 0.15) is 12.1 Å². The summed E-state index contributed by atoms with van der Waals surface area (Å²) < 4.78 is 0. The van der Waals surface area contributed by atoms with Crippen molar-refractivity contribution in [3.05, 3.63) is 35.9 Å². The minimum Gasteiger partial charge on any atom is -0.480 e. The molecule has 1 rings (SSSR count). The molecule has 0 bridgehead atoms. The second kappa shape index (κ2) is 8.52. The Morgan fingerprint density at radius 2 is 1.85 bits per heavy atom. The lowest BCUT2D eigenvalue weighted by atomic mass is 10.1. The fourth-order valence-corrected chi connectivity index (χ4v) is 1.54. The highest BCUT2D eigenvalue weighted by molar-refractivity contribution is 5.87. The monoisotopic (exact) mass is 302 g/mol. The number of benzene rings is 1. The van der Waals surface area contributed by atoms with Gasteiger partial charge in [-0.05, 0) is 12.5 Å². The molecule has 0 heterocycles. The van der Waals surface area contributed by atoms with Gasteiger partial charge in [0.2, 0.25) is 5.91 Å². The van der Waals surface area contributed by atoms with Crippen LogP contribution in [0.15, 0.2) is 30.3 Å². The van der Waals surface area contributed by atoms with Gasteiger partial charge in [-0.3, -0.25) is 4.79 Å². The number of hydrogen-bond acceptors (Lipinski definition) is 4. The van der Waals surface area contributed by atoms with Crippen molar-refractivity contribution in [3.63, 3.8) is 0 Å². The average Bonchev–Trinajstić information content (AvgIpc) is 2.37. The number of carbonyl (C=O) groups is 2. The summed E-state index contributed by atoms with van der Waals surface area (Å²) in [6.07, 6.45) is -0.875. The van der Waals surface area contributed by atoms with E-state index in [1.165, 1.54) is 6.92 Å². The molecular formula is C13H19ClN2O4. The smallest absolute Gasteiger partial charge is 0.326 e. The van der Waals surface area contributed by atoms with E-state index in [1.807, 2.05) is 6.07 Å². The fraction of sp³-hybridized carbons (Fsp3) is 0.385. The number of rotatable bonds is 6. The first-order valence-corrected chi connectivity index (χ1v) is 5.92. The number of carboxylic acid groups (broad SMARTS) is 1. The number of hydrogen-bond donors (Lipinski definition) is 4. The second-order valence-electron chi connectivity index (χ2n) is 4.36. The standard InChI is InChI=1S/C13H18N2O4.ClH/c1-8(16)11(14)12(17)15-10(13(18)19)7-9-5-3-2-4-6-9;/h2-6,8,10-11,16H,7,14H2,1H3,(H,15,17)(H,18,19);1H. The van der Waals surface area contributed by atoms with Crippen LogP contribution in [0.1, 0.15) is 12.5 Å². The van der Waals surface area contributed by atoms with Gasteiger partial charge < -0.3 is 21.3 Å². The normalized spacial score (nSPS) is 14.6. The third kappa shape index (κ3) is 5.56. The molecule has 20 heavy (non-hydrogen) atoms. The summed E-state index contributed by atoms with van der Waals surface area (Å²) in [5, 5.41) is 20.6. The van der Waals surface area contributed by atoms with Crippen molar-refractivity contribution >= 4 is 24.3 Å². The van der Waals surface area contributed by atoms with Crippen LogP contribution in [0.3, 0.4) is 0 Å². The molecule has 0 spiro atoms. The zero-order valence-electron chi connectivity index (χ0n) is 11.0. The molecule has 3 atom stereocenters. The SMILES string of the molecule is CC(O)C(N)C(=O)NC(Cc1ccccc1)C(=O)O.Cl. The molecule has 0 aliphatic heterocycles. The summed E-state index contributed by atoms with van der Waals surface area (Å²) >= 11 is 0. The molecular weight excluding hydrogens is 284 g/mol. The number of carbonyl (C=O) groups excluding carboxylic acids is 1. The molecule has 0 saturated heterocycles. The van der Waals surface area contributed by atoms with E-state index in [-0.39, 0.29) is 18.8 Å². The number of carboxylic acids is 1. The number of amides is 1. The molecule has 0 saturated carbocycles. The minimum atomic E-state index is -1.14. The van der Waals surface area contributed by atoms with E-state index in [0.29, 0.717) is 0 Å². The van der Waals surface area contributed by atoms with Gasteiger partial charge in [-0.2, -0.15) is 0 Å². The Kier molecular flexibility index (Phi) is 7.83. The van der Waals surface area contributed by atoms with Crippen molar-refractivity contribution in [2.75, 3.05) is 0 Å².